The molecule has 0 radical (unpaired) electrons. The van der Waals surface area contributed by atoms with Crippen LogP contribution in [0.15, 0.2) is 12.1 Å². The molecule has 0 bridgehead atoms. The number of amides is 1. The summed E-state index contributed by atoms with van der Waals surface area (Å²) < 4.78 is 0. The van der Waals surface area contributed by atoms with Crippen molar-refractivity contribution in [3.05, 3.63) is 23.0 Å². The van der Waals surface area contributed by atoms with Gasteiger partial charge in [0.05, 0.1) is 17.8 Å². The highest BCUT2D eigenvalue weighted by molar-refractivity contribution is 6.29. The zero-order valence-electron chi connectivity index (χ0n) is 7.67. The normalized spacial score (nSPS) is 9.21. The van der Waals surface area contributed by atoms with Gasteiger partial charge in [-0.1, -0.05) is 17.5 Å². The summed E-state index contributed by atoms with van der Waals surface area (Å²) in [6, 6.07) is 3.30. The van der Waals surface area contributed by atoms with Gasteiger partial charge in [-0.2, -0.15) is 0 Å². The van der Waals surface area contributed by atoms with E-state index in [0.717, 1.165) is 0 Å². The van der Waals surface area contributed by atoms with Gasteiger partial charge in [0.25, 0.3) is 0 Å². The van der Waals surface area contributed by atoms with E-state index in [0.29, 0.717) is 16.5 Å². The third-order valence-corrected chi connectivity index (χ3v) is 1.80. The topological polar surface area (TPSA) is 42.0 Å². The lowest BCUT2D eigenvalue weighted by Gasteiger charge is -2.05. The second kappa shape index (κ2) is 4.64. The number of carbonyl (C=O) groups is 1. The summed E-state index contributed by atoms with van der Waals surface area (Å²) in [6.07, 6.45) is 5.06. The van der Waals surface area contributed by atoms with E-state index in [1.807, 2.05) is 0 Å². The SMILES string of the molecule is C#CCC(=O)Nc1ccc(Cl)nc1C. The van der Waals surface area contributed by atoms with Crippen LogP contribution in [0.3, 0.4) is 0 Å². The van der Waals surface area contributed by atoms with E-state index in [1.54, 1.807) is 19.1 Å². The molecular weight excluding hydrogens is 200 g/mol. The van der Waals surface area contributed by atoms with Crippen LogP contribution < -0.4 is 5.32 Å². The van der Waals surface area contributed by atoms with Crippen LogP contribution in [-0.4, -0.2) is 10.9 Å². The molecule has 14 heavy (non-hydrogen) atoms. The van der Waals surface area contributed by atoms with E-state index in [1.165, 1.54) is 0 Å². The molecule has 3 nitrogen and oxygen atoms in total. The van der Waals surface area contributed by atoms with Gasteiger partial charge in [-0.15, -0.1) is 6.42 Å². The number of nitrogens with zero attached hydrogens (tertiary/aromatic N) is 1. The van der Waals surface area contributed by atoms with E-state index in [2.05, 4.69) is 16.2 Å². The van der Waals surface area contributed by atoms with Crippen molar-refractivity contribution in [2.45, 2.75) is 13.3 Å². The van der Waals surface area contributed by atoms with Crippen LogP contribution in [0.4, 0.5) is 5.69 Å². The first-order chi connectivity index (χ1) is 6.63. The maximum absolute atomic E-state index is 11.1. The Morgan fingerprint density at radius 1 is 1.71 bits per heavy atom. The fraction of sp³-hybridized carbons (Fsp3) is 0.200. The molecule has 1 amide bonds. The van der Waals surface area contributed by atoms with Crippen LogP contribution in [0, 0.1) is 19.3 Å². The maximum Gasteiger partial charge on any atom is 0.236 e. The number of hydrogen-bond acceptors (Lipinski definition) is 2. The Kier molecular flexibility index (Phi) is 3.49. The van der Waals surface area contributed by atoms with Gasteiger partial charge in [0.1, 0.15) is 5.15 Å². The monoisotopic (exact) mass is 208 g/mol. The van der Waals surface area contributed by atoms with Gasteiger partial charge in [-0.05, 0) is 19.1 Å². The number of anilines is 1. The number of hydrogen-bond donors (Lipinski definition) is 1. The van der Waals surface area contributed by atoms with Crippen molar-refractivity contribution in [1.82, 2.24) is 4.98 Å². The molecule has 0 aliphatic carbocycles. The van der Waals surface area contributed by atoms with Crippen LogP contribution >= 0.6 is 11.6 Å². The number of aryl methyl sites for hydroxylation is 1. The average Bonchev–Trinajstić information content (AvgIpc) is 2.10. The number of terminal acetylenes is 1. The minimum atomic E-state index is -0.222. The molecule has 0 saturated heterocycles. The van der Waals surface area contributed by atoms with Gasteiger partial charge in [-0.25, -0.2) is 4.98 Å². The number of pyridine rings is 1. The first kappa shape index (κ1) is 10.6. The highest BCUT2D eigenvalue weighted by Crippen LogP contribution is 2.15. The van der Waals surface area contributed by atoms with Gasteiger partial charge >= 0.3 is 0 Å². The van der Waals surface area contributed by atoms with E-state index in [9.17, 15) is 4.79 Å². The summed E-state index contributed by atoms with van der Waals surface area (Å²) in [6.45, 7) is 1.76. The van der Waals surface area contributed by atoms with Crippen molar-refractivity contribution >= 4 is 23.2 Å². The molecule has 0 aliphatic rings. The van der Waals surface area contributed by atoms with Gasteiger partial charge in [-0.3, -0.25) is 4.79 Å². The number of carbonyl (C=O) groups excluding carboxylic acids is 1. The molecule has 1 N–H and O–H groups in total. The lowest BCUT2D eigenvalue weighted by molar-refractivity contribution is -0.115. The third-order valence-electron chi connectivity index (χ3n) is 1.59. The molecule has 1 rings (SSSR count). The largest absolute Gasteiger partial charge is 0.324 e. The second-order valence-corrected chi connectivity index (χ2v) is 3.08. The smallest absolute Gasteiger partial charge is 0.236 e. The summed E-state index contributed by atoms with van der Waals surface area (Å²) in [7, 11) is 0. The van der Waals surface area contributed by atoms with E-state index < -0.39 is 0 Å². The first-order valence-corrected chi connectivity index (χ1v) is 4.37. The minimum absolute atomic E-state index is 0.0576. The molecule has 1 aromatic heterocycles. The summed E-state index contributed by atoms with van der Waals surface area (Å²) in [5.74, 6) is 2.04. The van der Waals surface area contributed by atoms with E-state index in [4.69, 9.17) is 18.0 Å². The predicted molar refractivity (Wildman–Crippen MR) is 56.1 cm³/mol. The molecule has 0 unspecified atom stereocenters. The lowest BCUT2D eigenvalue weighted by Crippen LogP contribution is -2.11. The van der Waals surface area contributed by atoms with E-state index >= 15 is 0 Å². The van der Waals surface area contributed by atoms with Crippen LogP contribution in [0.1, 0.15) is 12.1 Å². The maximum atomic E-state index is 11.1. The molecule has 72 valence electrons. The average molecular weight is 209 g/mol. The fourth-order valence-corrected chi connectivity index (χ4v) is 1.14. The van der Waals surface area contributed by atoms with Crippen LogP contribution in [0.25, 0.3) is 0 Å². The number of halogens is 1. The summed E-state index contributed by atoms with van der Waals surface area (Å²) in [4.78, 5) is 15.1. The molecule has 0 aliphatic heterocycles. The number of aromatic nitrogens is 1. The Bertz CT molecular complexity index is 396. The highest BCUT2D eigenvalue weighted by Gasteiger charge is 2.04. The quantitative estimate of drug-likeness (QED) is 0.597. The van der Waals surface area contributed by atoms with Crippen LogP contribution in [-0.2, 0) is 4.79 Å². The van der Waals surface area contributed by atoms with Crippen LogP contribution in [0.5, 0.6) is 0 Å². The fourth-order valence-electron chi connectivity index (χ4n) is 0.950. The molecule has 0 saturated carbocycles. The molecule has 0 atom stereocenters. The number of rotatable bonds is 2. The molecule has 0 aromatic carbocycles. The molecular formula is C10H9ClN2O. The lowest BCUT2D eigenvalue weighted by atomic mass is 10.3. The van der Waals surface area contributed by atoms with Gasteiger partial charge in [0.15, 0.2) is 0 Å². The van der Waals surface area contributed by atoms with Crippen molar-refractivity contribution in [2.24, 2.45) is 0 Å². The molecule has 1 heterocycles. The Labute approximate surface area is 87.5 Å². The first-order valence-electron chi connectivity index (χ1n) is 4.00. The Morgan fingerprint density at radius 3 is 3.00 bits per heavy atom. The second-order valence-electron chi connectivity index (χ2n) is 2.70. The molecule has 1 aromatic rings. The standard InChI is InChI=1S/C10H9ClN2O/c1-3-4-10(14)13-8-5-6-9(11)12-7(8)2/h1,5-6H,4H2,2H3,(H,13,14). The molecule has 0 fully saturated rings. The van der Waals surface area contributed by atoms with Gasteiger partial charge < -0.3 is 5.32 Å². The number of nitrogens with one attached hydrogen (secondary N) is 1. The Hall–Kier alpha value is -1.53. The minimum Gasteiger partial charge on any atom is -0.324 e. The summed E-state index contributed by atoms with van der Waals surface area (Å²) in [5.41, 5.74) is 1.30. The molecule has 4 heteroatoms. The van der Waals surface area contributed by atoms with Gasteiger partial charge in [0, 0.05) is 0 Å². The Morgan fingerprint density at radius 2 is 2.43 bits per heavy atom. The third kappa shape index (κ3) is 2.75. The van der Waals surface area contributed by atoms with Crippen LogP contribution in [0.2, 0.25) is 5.15 Å². The van der Waals surface area contributed by atoms with Crippen molar-refractivity contribution in [1.29, 1.82) is 0 Å². The highest BCUT2D eigenvalue weighted by atomic mass is 35.5. The van der Waals surface area contributed by atoms with Crippen molar-refractivity contribution in [3.63, 3.8) is 0 Å². The molecule has 0 spiro atoms. The summed E-state index contributed by atoms with van der Waals surface area (Å²) in [5, 5.41) is 3.04. The van der Waals surface area contributed by atoms with Crippen molar-refractivity contribution in [2.75, 3.05) is 5.32 Å². The zero-order chi connectivity index (χ0) is 10.6. The Balaban J connectivity index is 2.78. The zero-order valence-corrected chi connectivity index (χ0v) is 8.43. The predicted octanol–water partition coefficient (Wildman–Crippen LogP) is 2.01. The summed E-state index contributed by atoms with van der Waals surface area (Å²) >= 11 is 5.66. The van der Waals surface area contributed by atoms with E-state index in [-0.39, 0.29) is 12.3 Å². The van der Waals surface area contributed by atoms with Crippen molar-refractivity contribution in [3.8, 4) is 12.3 Å². The van der Waals surface area contributed by atoms with Crippen molar-refractivity contribution < 1.29 is 4.79 Å². The van der Waals surface area contributed by atoms with Gasteiger partial charge in [0.2, 0.25) is 5.91 Å².